The normalized spacial score (nSPS) is 23.2. The number of likely N-dealkylation sites (tertiary alicyclic amines) is 1. The van der Waals surface area contributed by atoms with Crippen LogP contribution in [0.5, 0.6) is 0 Å². The van der Waals surface area contributed by atoms with Gasteiger partial charge in [-0.3, -0.25) is 0 Å². The van der Waals surface area contributed by atoms with Crippen LogP contribution in [-0.4, -0.2) is 48.8 Å². The van der Waals surface area contributed by atoms with Crippen molar-refractivity contribution in [2.45, 2.75) is 76.4 Å². The van der Waals surface area contributed by atoms with Crippen LogP contribution >= 0.6 is 11.6 Å². The Morgan fingerprint density at radius 1 is 1.26 bits per heavy atom. The van der Waals surface area contributed by atoms with E-state index in [0.717, 1.165) is 43.8 Å². The molecule has 174 valence electrons. The molecule has 1 aliphatic carbocycles. The van der Waals surface area contributed by atoms with Crippen LogP contribution in [0.1, 0.15) is 70.3 Å². The molecule has 2 aliphatic rings. The van der Waals surface area contributed by atoms with Gasteiger partial charge in [-0.1, -0.05) is 62.8 Å². The summed E-state index contributed by atoms with van der Waals surface area (Å²) >= 11 is 6.20. The second-order valence-electron chi connectivity index (χ2n) is 9.52. The Kier molecular flexibility index (Phi) is 9.06. The Hall–Kier alpha value is -1.30. The fourth-order valence-corrected chi connectivity index (χ4v) is 5.76. The molecular formula is C25H40ClN3O2. The standard InChI is InChI=1S/C25H40ClN3O2/c1-3-25(31,20-11-7-13-22(26)16-20)21-12-8-14-29(18-21)24(30)28-23(17-27-2)15-19-9-5-4-6-10-19/h7,11,13,16,19,21,23,27,31H,3-6,8-10,12,14-15,17-18H2,1-2H3,(H,28,30)/t21-,23?,25-/m1/s1. The molecule has 3 N–H and O–H groups in total. The summed E-state index contributed by atoms with van der Waals surface area (Å²) in [6, 6.07) is 7.68. The maximum Gasteiger partial charge on any atom is 0.317 e. The van der Waals surface area contributed by atoms with Gasteiger partial charge < -0.3 is 20.6 Å². The summed E-state index contributed by atoms with van der Waals surface area (Å²) in [5.41, 5.74) is -0.129. The van der Waals surface area contributed by atoms with Crippen LogP contribution in [0.4, 0.5) is 4.79 Å². The van der Waals surface area contributed by atoms with Crippen LogP contribution in [-0.2, 0) is 5.60 Å². The van der Waals surface area contributed by atoms with Gasteiger partial charge in [-0.25, -0.2) is 4.79 Å². The van der Waals surface area contributed by atoms with Crippen molar-refractivity contribution in [3.8, 4) is 0 Å². The molecule has 1 aliphatic heterocycles. The molecule has 1 saturated heterocycles. The van der Waals surface area contributed by atoms with E-state index in [9.17, 15) is 9.90 Å². The Morgan fingerprint density at radius 3 is 2.71 bits per heavy atom. The fourth-order valence-electron chi connectivity index (χ4n) is 5.57. The Labute approximate surface area is 192 Å². The molecule has 1 unspecified atom stereocenters. The minimum absolute atomic E-state index is 0.00318. The van der Waals surface area contributed by atoms with E-state index < -0.39 is 5.60 Å². The van der Waals surface area contributed by atoms with Gasteiger partial charge in [0.25, 0.3) is 0 Å². The molecule has 0 radical (unpaired) electrons. The van der Waals surface area contributed by atoms with E-state index in [1.807, 2.05) is 43.1 Å². The lowest BCUT2D eigenvalue weighted by Gasteiger charge is -2.42. The number of rotatable bonds is 8. The number of nitrogens with zero attached hydrogens (tertiary/aromatic N) is 1. The molecule has 1 aromatic rings. The molecule has 2 fully saturated rings. The molecule has 0 aromatic heterocycles. The highest BCUT2D eigenvalue weighted by Crippen LogP contribution is 2.39. The lowest BCUT2D eigenvalue weighted by atomic mass is 9.75. The highest BCUT2D eigenvalue weighted by atomic mass is 35.5. The second-order valence-corrected chi connectivity index (χ2v) is 9.95. The first-order valence-corrected chi connectivity index (χ1v) is 12.5. The predicted molar refractivity (Wildman–Crippen MR) is 127 cm³/mol. The molecule has 5 nitrogen and oxygen atoms in total. The first-order valence-electron chi connectivity index (χ1n) is 12.1. The molecule has 0 spiro atoms. The minimum atomic E-state index is -0.976. The van der Waals surface area contributed by atoms with Crippen molar-refractivity contribution in [3.05, 3.63) is 34.9 Å². The van der Waals surface area contributed by atoms with Crippen molar-refractivity contribution >= 4 is 17.6 Å². The average Bonchev–Trinajstić information content (AvgIpc) is 2.79. The summed E-state index contributed by atoms with van der Waals surface area (Å²) in [7, 11) is 1.95. The van der Waals surface area contributed by atoms with E-state index in [2.05, 4.69) is 10.6 Å². The van der Waals surface area contributed by atoms with Gasteiger partial charge in [-0.05, 0) is 56.3 Å². The van der Waals surface area contributed by atoms with Crippen molar-refractivity contribution in [1.82, 2.24) is 15.5 Å². The number of piperidine rings is 1. The number of benzene rings is 1. The summed E-state index contributed by atoms with van der Waals surface area (Å²) < 4.78 is 0. The number of likely N-dealkylation sites (N-methyl/N-ethyl adjacent to an activating group) is 1. The number of carbonyl (C=O) groups is 1. The SMILES string of the molecule is CC[C@@](O)(c1cccc(Cl)c1)[C@@H]1CCCN(C(=O)NC(CNC)CC2CCCCC2)C1. The Bertz CT molecular complexity index is 710. The maximum absolute atomic E-state index is 13.2. The zero-order chi connectivity index (χ0) is 22.3. The van der Waals surface area contributed by atoms with Gasteiger partial charge in [-0.2, -0.15) is 0 Å². The third kappa shape index (κ3) is 6.36. The summed E-state index contributed by atoms with van der Waals surface area (Å²) in [4.78, 5) is 15.1. The number of nitrogens with one attached hydrogen (secondary N) is 2. The van der Waals surface area contributed by atoms with E-state index in [1.54, 1.807) is 0 Å². The van der Waals surface area contributed by atoms with E-state index in [4.69, 9.17) is 11.6 Å². The van der Waals surface area contributed by atoms with E-state index in [0.29, 0.717) is 18.0 Å². The Balaban J connectivity index is 1.64. The smallest absolute Gasteiger partial charge is 0.317 e. The van der Waals surface area contributed by atoms with E-state index >= 15 is 0 Å². The third-order valence-corrected chi connectivity index (χ3v) is 7.60. The number of aliphatic hydroxyl groups is 1. The fraction of sp³-hybridized carbons (Fsp3) is 0.720. The van der Waals surface area contributed by atoms with Crippen molar-refractivity contribution in [1.29, 1.82) is 0 Å². The first-order chi connectivity index (χ1) is 15.0. The lowest BCUT2D eigenvalue weighted by molar-refractivity contribution is -0.0504. The van der Waals surface area contributed by atoms with E-state index in [-0.39, 0.29) is 18.0 Å². The highest BCUT2D eigenvalue weighted by molar-refractivity contribution is 6.30. The molecule has 3 atom stereocenters. The van der Waals surface area contributed by atoms with Crippen LogP contribution < -0.4 is 10.6 Å². The maximum atomic E-state index is 13.2. The largest absolute Gasteiger partial charge is 0.385 e. The molecule has 1 saturated carbocycles. The van der Waals surface area contributed by atoms with Gasteiger partial charge in [0, 0.05) is 36.6 Å². The summed E-state index contributed by atoms with van der Waals surface area (Å²) in [6.07, 6.45) is 10.00. The first kappa shape index (κ1) is 24.3. The molecule has 31 heavy (non-hydrogen) atoms. The zero-order valence-electron chi connectivity index (χ0n) is 19.2. The summed E-state index contributed by atoms with van der Waals surface area (Å²) in [6.45, 7) is 4.11. The Morgan fingerprint density at radius 2 is 2.03 bits per heavy atom. The van der Waals surface area contributed by atoms with Crippen LogP contribution in [0.3, 0.4) is 0 Å². The zero-order valence-corrected chi connectivity index (χ0v) is 20.0. The number of hydrogen-bond donors (Lipinski definition) is 3. The van der Waals surface area contributed by atoms with Gasteiger partial charge in [0.15, 0.2) is 0 Å². The number of urea groups is 1. The van der Waals surface area contributed by atoms with E-state index in [1.165, 1.54) is 32.1 Å². The average molecular weight is 450 g/mol. The van der Waals surface area contributed by atoms with Crippen LogP contribution in [0.15, 0.2) is 24.3 Å². The van der Waals surface area contributed by atoms with Crippen molar-refractivity contribution < 1.29 is 9.90 Å². The molecule has 2 amide bonds. The number of hydrogen-bond acceptors (Lipinski definition) is 3. The molecule has 0 bridgehead atoms. The van der Waals surface area contributed by atoms with Gasteiger partial charge in [0.2, 0.25) is 0 Å². The second kappa shape index (κ2) is 11.5. The number of carbonyl (C=O) groups excluding carboxylic acids is 1. The van der Waals surface area contributed by atoms with Crippen molar-refractivity contribution in [3.63, 3.8) is 0 Å². The van der Waals surface area contributed by atoms with Crippen LogP contribution in [0, 0.1) is 11.8 Å². The van der Waals surface area contributed by atoms with Gasteiger partial charge in [0.1, 0.15) is 0 Å². The summed E-state index contributed by atoms with van der Waals surface area (Å²) in [5, 5.41) is 18.8. The van der Waals surface area contributed by atoms with Gasteiger partial charge >= 0.3 is 6.03 Å². The van der Waals surface area contributed by atoms with Gasteiger partial charge in [0.05, 0.1) is 5.60 Å². The number of halogens is 1. The molecule has 1 aromatic carbocycles. The lowest BCUT2D eigenvalue weighted by Crippen LogP contribution is -2.53. The van der Waals surface area contributed by atoms with Crippen molar-refractivity contribution in [2.75, 3.05) is 26.7 Å². The van der Waals surface area contributed by atoms with Crippen molar-refractivity contribution in [2.24, 2.45) is 11.8 Å². The molecule has 3 rings (SSSR count). The van der Waals surface area contributed by atoms with Crippen LogP contribution in [0.2, 0.25) is 5.02 Å². The quantitative estimate of drug-likeness (QED) is 0.527. The minimum Gasteiger partial charge on any atom is -0.385 e. The van der Waals surface area contributed by atoms with Crippen LogP contribution in [0.25, 0.3) is 0 Å². The van der Waals surface area contributed by atoms with Gasteiger partial charge in [-0.15, -0.1) is 0 Å². The molecular weight excluding hydrogens is 410 g/mol. The third-order valence-electron chi connectivity index (χ3n) is 7.37. The molecule has 6 heteroatoms. The highest BCUT2D eigenvalue weighted by Gasteiger charge is 2.40. The molecule has 1 heterocycles. The predicted octanol–water partition coefficient (Wildman–Crippen LogP) is 4.92. The number of amides is 2. The topological polar surface area (TPSA) is 64.6 Å². The summed E-state index contributed by atoms with van der Waals surface area (Å²) in [5.74, 6) is 0.714. The monoisotopic (exact) mass is 449 g/mol.